The monoisotopic (exact) mass is 174 g/mol. The van der Waals surface area contributed by atoms with Crippen LogP contribution in [0.2, 0.25) is 0 Å². The Hall–Kier alpha value is -1.61. The zero-order valence-corrected chi connectivity index (χ0v) is 7.07. The number of benzene rings is 1. The minimum absolute atomic E-state index is 0.202. The Morgan fingerprint density at radius 3 is 2.62 bits per heavy atom. The lowest BCUT2D eigenvalue weighted by Gasteiger charge is -2.04. The Labute approximate surface area is 75.8 Å². The normalized spacial score (nSPS) is 10.5. The lowest BCUT2D eigenvalue weighted by molar-refractivity contribution is 0.479. The minimum Gasteiger partial charge on any atom is -0.506 e. The topological polar surface area (TPSA) is 59.1 Å². The molecule has 0 amide bonds. The predicted octanol–water partition coefficient (Wildman–Crippen LogP) is 1.40. The van der Waals surface area contributed by atoms with Crippen LogP contribution in [-0.4, -0.2) is 10.1 Å². The van der Waals surface area contributed by atoms with Crippen LogP contribution in [0.15, 0.2) is 30.5 Å². The highest BCUT2D eigenvalue weighted by Crippen LogP contribution is 2.24. The fraction of sp³-hybridized carbons (Fsp3) is 0.100. The van der Waals surface area contributed by atoms with Crippen molar-refractivity contribution in [1.82, 2.24) is 4.98 Å². The van der Waals surface area contributed by atoms with Gasteiger partial charge in [-0.05, 0) is 0 Å². The first-order valence-electron chi connectivity index (χ1n) is 4.08. The largest absolute Gasteiger partial charge is 0.506 e. The Balaban J connectivity index is 2.84. The number of hydrogen-bond acceptors (Lipinski definition) is 3. The molecule has 3 heteroatoms. The van der Waals surface area contributed by atoms with Gasteiger partial charge in [0, 0.05) is 17.3 Å². The number of aromatic nitrogens is 1. The van der Waals surface area contributed by atoms with E-state index in [4.69, 9.17) is 5.73 Å². The van der Waals surface area contributed by atoms with Gasteiger partial charge in [-0.25, -0.2) is 0 Å². The molecule has 1 aromatic heterocycles. The highest BCUT2D eigenvalue weighted by atomic mass is 16.3. The van der Waals surface area contributed by atoms with Crippen LogP contribution < -0.4 is 5.73 Å². The summed E-state index contributed by atoms with van der Waals surface area (Å²) in [6.45, 7) is 0.390. The van der Waals surface area contributed by atoms with Gasteiger partial charge in [-0.3, -0.25) is 4.98 Å². The summed E-state index contributed by atoms with van der Waals surface area (Å²) in [7, 11) is 0. The van der Waals surface area contributed by atoms with Gasteiger partial charge in [0.05, 0.1) is 11.9 Å². The number of hydrogen-bond donors (Lipinski definition) is 2. The average Bonchev–Trinajstić information content (AvgIpc) is 2.19. The zero-order chi connectivity index (χ0) is 9.26. The average molecular weight is 174 g/mol. The second kappa shape index (κ2) is 3.03. The highest BCUT2D eigenvalue weighted by molar-refractivity contribution is 5.89. The van der Waals surface area contributed by atoms with E-state index in [1.165, 1.54) is 6.20 Å². The van der Waals surface area contributed by atoms with Gasteiger partial charge in [0.15, 0.2) is 0 Å². The van der Waals surface area contributed by atoms with Crippen molar-refractivity contribution in [3.05, 3.63) is 36.2 Å². The molecule has 0 aliphatic carbocycles. The highest BCUT2D eigenvalue weighted by Gasteiger charge is 2.03. The maximum Gasteiger partial charge on any atom is 0.141 e. The fourth-order valence-electron chi connectivity index (χ4n) is 1.40. The molecule has 0 aliphatic rings. The van der Waals surface area contributed by atoms with Gasteiger partial charge in [0.1, 0.15) is 5.75 Å². The molecule has 0 saturated heterocycles. The number of nitrogens with two attached hydrogens (primary N) is 1. The van der Waals surface area contributed by atoms with E-state index in [-0.39, 0.29) is 5.75 Å². The molecular formula is C10H10N2O. The fourth-order valence-corrected chi connectivity index (χ4v) is 1.40. The smallest absolute Gasteiger partial charge is 0.141 e. The third kappa shape index (κ3) is 1.23. The summed E-state index contributed by atoms with van der Waals surface area (Å²) in [6, 6.07) is 7.54. The number of aromatic hydroxyl groups is 1. The molecule has 1 aromatic carbocycles. The van der Waals surface area contributed by atoms with Crippen molar-refractivity contribution >= 4 is 10.8 Å². The summed E-state index contributed by atoms with van der Waals surface area (Å²) in [5, 5.41) is 11.2. The van der Waals surface area contributed by atoms with Crippen molar-refractivity contribution in [2.75, 3.05) is 0 Å². The molecule has 0 radical (unpaired) electrons. The van der Waals surface area contributed by atoms with E-state index in [1.54, 1.807) is 0 Å². The molecule has 0 spiro atoms. The van der Waals surface area contributed by atoms with Crippen LogP contribution in [0, 0.1) is 0 Å². The van der Waals surface area contributed by atoms with Crippen LogP contribution >= 0.6 is 0 Å². The van der Waals surface area contributed by atoms with Crippen LogP contribution in [0.5, 0.6) is 5.75 Å². The van der Waals surface area contributed by atoms with Crippen molar-refractivity contribution < 1.29 is 5.11 Å². The van der Waals surface area contributed by atoms with Crippen LogP contribution in [0.3, 0.4) is 0 Å². The van der Waals surface area contributed by atoms with E-state index >= 15 is 0 Å². The molecule has 0 aliphatic heterocycles. The second-order valence-electron chi connectivity index (χ2n) is 2.84. The van der Waals surface area contributed by atoms with Gasteiger partial charge in [-0.15, -0.1) is 0 Å². The number of rotatable bonds is 1. The molecule has 66 valence electrons. The van der Waals surface area contributed by atoms with Gasteiger partial charge in [-0.2, -0.15) is 0 Å². The predicted molar refractivity (Wildman–Crippen MR) is 51.3 cm³/mol. The van der Waals surface area contributed by atoms with Crippen LogP contribution in [0.4, 0.5) is 0 Å². The summed E-state index contributed by atoms with van der Waals surface area (Å²) in [6.07, 6.45) is 1.44. The van der Waals surface area contributed by atoms with E-state index in [0.29, 0.717) is 6.54 Å². The number of pyridine rings is 1. The SMILES string of the molecule is NCc1ncc(O)c2ccccc12. The quantitative estimate of drug-likeness (QED) is 0.687. The summed E-state index contributed by atoms with van der Waals surface area (Å²) in [5.74, 6) is 0.202. The van der Waals surface area contributed by atoms with Gasteiger partial charge in [-0.1, -0.05) is 24.3 Å². The molecule has 0 fully saturated rings. The molecule has 2 aromatic rings. The van der Waals surface area contributed by atoms with Crippen LogP contribution in [-0.2, 0) is 6.54 Å². The Kier molecular flexibility index (Phi) is 1.87. The molecule has 2 rings (SSSR count). The summed E-state index contributed by atoms with van der Waals surface area (Å²) < 4.78 is 0. The van der Waals surface area contributed by atoms with E-state index in [2.05, 4.69) is 4.98 Å². The molecule has 13 heavy (non-hydrogen) atoms. The van der Waals surface area contributed by atoms with E-state index in [9.17, 15) is 5.11 Å². The molecule has 0 saturated carbocycles. The van der Waals surface area contributed by atoms with Crippen molar-refractivity contribution in [2.24, 2.45) is 5.73 Å². The van der Waals surface area contributed by atoms with Crippen molar-refractivity contribution in [3.8, 4) is 5.75 Å². The van der Waals surface area contributed by atoms with E-state index in [0.717, 1.165) is 16.5 Å². The molecule has 3 nitrogen and oxygen atoms in total. The van der Waals surface area contributed by atoms with Crippen molar-refractivity contribution in [1.29, 1.82) is 0 Å². The number of fused-ring (bicyclic) bond motifs is 1. The molecule has 3 N–H and O–H groups in total. The van der Waals surface area contributed by atoms with Crippen LogP contribution in [0.1, 0.15) is 5.69 Å². The second-order valence-corrected chi connectivity index (χ2v) is 2.84. The Morgan fingerprint density at radius 2 is 1.92 bits per heavy atom. The van der Waals surface area contributed by atoms with Crippen molar-refractivity contribution in [3.63, 3.8) is 0 Å². The van der Waals surface area contributed by atoms with E-state index < -0.39 is 0 Å². The lowest BCUT2D eigenvalue weighted by Crippen LogP contribution is -1.99. The maximum atomic E-state index is 9.49. The molecule has 0 atom stereocenters. The van der Waals surface area contributed by atoms with Gasteiger partial charge in [0.25, 0.3) is 0 Å². The third-order valence-electron chi connectivity index (χ3n) is 2.05. The standard InChI is InChI=1S/C10H10N2O/c11-5-9-7-3-1-2-4-8(7)10(13)6-12-9/h1-4,6,13H,5,11H2. The lowest BCUT2D eigenvalue weighted by atomic mass is 10.1. The minimum atomic E-state index is 0.202. The van der Waals surface area contributed by atoms with E-state index in [1.807, 2.05) is 24.3 Å². The Morgan fingerprint density at radius 1 is 1.23 bits per heavy atom. The summed E-state index contributed by atoms with van der Waals surface area (Å²) >= 11 is 0. The van der Waals surface area contributed by atoms with Gasteiger partial charge < -0.3 is 10.8 Å². The van der Waals surface area contributed by atoms with Crippen LogP contribution in [0.25, 0.3) is 10.8 Å². The molecule has 0 bridgehead atoms. The number of nitrogens with zero attached hydrogens (tertiary/aromatic N) is 1. The summed E-state index contributed by atoms with van der Waals surface area (Å²) in [4.78, 5) is 4.05. The zero-order valence-electron chi connectivity index (χ0n) is 7.07. The summed E-state index contributed by atoms with van der Waals surface area (Å²) in [5.41, 5.74) is 6.34. The van der Waals surface area contributed by atoms with Crippen molar-refractivity contribution in [2.45, 2.75) is 6.54 Å². The van der Waals surface area contributed by atoms with Gasteiger partial charge >= 0.3 is 0 Å². The first-order chi connectivity index (χ1) is 6.33. The molecule has 1 heterocycles. The first-order valence-corrected chi connectivity index (χ1v) is 4.08. The molecular weight excluding hydrogens is 164 g/mol. The Bertz CT molecular complexity index is 440. The third-order valence-corrected chi connectivity index (χ3v) is 2.05. The molecule has 0 unspecified atom stereocenters. The van der Waals surface area contributed by atoms with Gasteiger partial charge in [0.2, 0.25) is 0 Å². The first kappa shape index (κ1) is 8.01. The maximum absolute atomic E-state index is 9.49.